The number of rotatable bonds is 3. The third-order valence-corrected chi connectivity index (χ3v) is 1.85. The summed E-state index contributed by atoms with van der Waals surface area (Å²) in [6.07, 6.45) is -1.32. The van der Waals surface area contributed by atoms with Crippen LogP contribution >= 0.6 is 0 Å². The molecule has 2 unspecified atom stereocenters. The number of aliphatic hydroxyl groups is 3. The molecule has 0 aromatic carbocycles. The first-order valence-corrected chi connectivity index (χ1v) is 4.01. The van der Waals surface area contributed by atoms with Crippen LogP contribution in [0.3, 0.4) is 0 Å². The minimum atomic E-state index is -1.29. The molecule has 6 N–H and O–H groups in total. The van der Waals surface area contributed by atoms with Crippen LogP contribution in [0.5, 0.6) is 0 Å². The molecule has 6 heteroatoms. The van der Waals surface area contributed by atoms with E-state index in [1.54, 1.807) is 0 Å². The molecule has 0 aliphatic heterocycles. The molecule has 0 saturated heterocycles. The fraction of sp³-hybridized carbons (Fsp3) is 0.375. The van der Waals surface area contributed by atoms with E-state index in [1.807, 2.05) is 0 Å². The van der Waals surface area contributed by atoms with Gasteiger partial charge in [0, 0.05) is 11.8 Å². The number of nitrogens with one attached hydrogen (secondary N) is 1. The summed E-state index contributed by atoms with van der Waals surface area (Å²) >= 11 is 0. The topological polar surface area (TPSA) is 120 Å². The highest BCUT2D eigenvalue weighted by atomic mass is 16.4. The van der Waals surface area contributed by atoms with Crippen molar-refractivity contribution in [2.45, 2.75) is 12.2 Å². The molecule has 6 nitrogen and oxygen atoms in total. The van der Waals surface area contributed by atoms with Crippen LogP contribution < -0.4 is 11.3 Å². The fourth-order valence-corrected chi connectivity index (χ4v) is 1.01. The molecule has 0 fully saturated rings. The van der Waals surface area contributed by atoms with Gasteiger partial charge in [0.25, 0.3) is 5.56 Å². The average molecular weight is 200 g/mol. The summed E-state index contributed by atoms with van der Waals surface area (Å²) in [4.78, 5) is 13.2. The molecule has 0 radical (unpaired) electrons. The van der Waals surface area contributed by atoms with E-state index in [2.05, 4.69) is 4.98 Å². The number of aromatic amines is 1. The number of H-pyrrole nitrogens is 1. The molecular weight excluding hydrogens is 188 g/mol. The van der Waals surface area contributed by atoms with Gasteiger partial charge in [-0.2, -0.15) is 0 Å². The van der Waals surface area contributed by atoms with Crippen molar-refractivity contribution in [3.05, 3.63) is 28.2 Å². The van der Waals surface area contributed by atoms with E-state index >= 15 is 0 Å². The Morgan fingerprint density at radius 3 is 2.64 bits per heavy atom. The molecule has 1 heterocycles. The summed E-state index contributed by atoms with van der Waals surface area (Å²) in [7, 11) is 0. The lowest BCUT2D eigenvalue weighted by Gasteiger charge is -2.15. The molecule has 1 aromatic rings. The van der Waals surface area contributed by atoms with Crippen molar-refractivity contribution < 1.29 is 15.3 Å². The molecular formula is C8H12N2O4. The number of aromatic nitrogens is 1. The minimum Gasteiger partial charge on any atom is -0.394 e. The molecule has 0 bridgehead atoms. The Bertz CT molecular complexity index is 363. The lowest BCUT2D eigenvalue weighted by atomic mass is 10.1. The Labute approximate surface area is 79.6 Å². The van der Waals surface area contributed by atoms with Crippen LogP contribution in [0.1, 0.15) is 11.7 Å². The van der Waals surface area contributed by atoms with Crippen LogP contribution in [0.15, 0.2) is 17.1 Å². The van der Waals surface area contributed by atoms with Crippen molar-refractivity contribution in [2.75, 3.05) is 12.3 Å². The van der Waals surface area contributed by atoms with Crippen LogP contribution in [0, 0.1) is 0 Å². The van der Waals surface area contributed by atoms with Crippen LogP contribution in [0.2, 0.25) is 0 Å². The first kappa shape index (κ1) is 10.7. The average Bonchev–Trinajstić information content (AvgIpc) is 2.20. The molecule has 1 rings (SSSR count). The molecule has 0 aliphatic rings. The zero-order valence-corrected chi connectivity index (χ0v) is 7.34. The predicted molar refractivity (Wildman–Crippen MR) is 49.5 cm³/mol. The molecule has 14 heavy (non-hydrogen) atoms. The summed E-state index contributed by atoms with van der Waals surface area (Å²) in [6.45, 7) is -0.569. The molecule has 1 aromatic heterocycles. The lowest BCUT2D eigenvalue weighted by molar-refractivity contribution is -0.0153. The van der Waals surface area contributed by atoms with Gasteiger partial charge in [-0.25, -0.2) is 0 Å². The van der Waals surface area contributed by atoms with Gasteiger partial charge in [-0.3, -0.25) is 4.79 Å². The maximum Gasteiger partial charge on any atom is 0.271 e. The Morgan fingerprint density at radius 1 is 1.50 bits per heavy atom. The van der Waals surface area contributed by atoms with Crippen LogP contribution in [0.25, 0.3) is 0 Å². The second kappa shape index (κ2) is 4.23. The maximum absolute atomic E-state index is 10.9. The van der Waals surface area contributed by atoms with E-state index in [-0.39, 0.29) is 11.3 Å². The first-order valence-electron chi connectivity index (χ1n) is 4.01. The summed E-state index contributed by atoms with van der Waals surface area (Å²) in [5.74, 6) is 0. The van der Waals surface area contributed by atoms with E-state index in [0.717, 1.165) is 0 Å². The molecule has 0 saturated carbocycles. The number of nitrogen functional groups attached to an aromatic ring is 1. The minimum absolute atomic E-state index is 0.0494. The van der Waals surface area contributed by atoms with Crippen molar-refractivity contribution >= 4 is 5.69 Å². The van der Waals surface area contributed by atoms with E-state index in [0.29, 0.717) is 0 Å². The zero-order valence-electron chi connectivity index (χ0n) is 7.34. The van der Waals surface area contributed by atoms with Gasteiger partial charge in [-0.1, -0.05) is 0 Å². The predicted octanol–water partition coefficient (Wildman–Crippen LogP) is -1.66. The second-order valence-corrected chi connectivity index (χ2v) is 2.91. The maximum atomic E-state index is 10.9. The standard InChI is InChI=1S/C8H12N2O4/c9-5-1-4(2-10-8(5)14)7(13)6(12)3-11/h1-2,6-7,11-13H,3,9H2,(H,10,14). The number of nitrogens with two attached hydrogens (primary N) is 1. The Balaban J connectivity index is 2.96. The quantitative estimate of drug-likeness (QED) is 0.400. The lowest BCUT2D eigenvalue weighted by Crippen LogP contribution is -2.23. The third-order valence-electron chi connectivity index (χ3n) is 1.85. The van der Waals surface area contributed by atoms with Gasteiger partial charge in [-0.15, -0.1) is 0 Å². The van der Waals surface area contributed by atoms with Gasteiger partial charge < -0.3 is 26.0 Å². The van der Waals surface area contributed by atoms with Gasteiger partial charge in [0.05, 0.1) is 12.3 Å². The zero-order chi connectivity index (χ0) is 10.7. The molecule has 2 atom stereocenters. The molecule has 78 valence electrons. The molecule has 0 aliphatic carbocycles. The van der Waals surface area contributed by atoms with Crippen molar-refractivity contribution in [1.29, 1.82) is 0 Å². The van der Waals surface area contributed by atoms with Crippen molar-refractivity contribution in [2.24, 2.45) is 0 Å². The normalized spacial score (nSPS) is 15.1. The van der Waals surface area contributed by atoms with Crippen LogP contribution in [-0.2, 0) is 0 Å². The monoisotopic (exact) mass is 200 g/mol. The summed E-state index contributed by atoms with van der Waals surface area (Å²) in [5, 5.41) is 27.1. The van der Waals surface area contributed by atoms with Crippen LogP contribution in [-0.4, -0.2) is 33.0 Å². The Morgan fingerprint density at radius 2 is 2.14 bits per heavy atom. The van der Waals surface area contributed by atoms with Gasteiger partial charge in [-0.05, 0) is 6.07 Å². The van der Waals surface area contributed by atoms with Crippen molar-refractivity contribution in [1.82, 2.24) is 4.98 Å². The number of hydrogen-bond donors (Lipinski definition) is 5. The molecule has 0 amide bonds. The van der Waals surface area contributed by atoms with Gasteiger partial charge in [0.15, 0.2) is 0 Å². The number of anilines is 1. The molecule has 0 spiro atoms. The SMILES string of the molecule is Nc1cc(C(O)C(O)CO)c[nH]c1=O. The number of pyridine rings is 1. The summed E-state index contributed by atoms with van der Waals surface area (Å²) in [6, 6.07) is 1.25. The highest BCUT2D eigenvalue weighted by Crippen LogP contribution is 2.15. The third kappa shape index (κ3) is 2.11. The summed E-state index contributed by atoms with van der Waals surface area (Å²) < 4.78 is 0. The number of aliphatic hydroxyl groups excluding tert-OH is 3. The smallest absolute Gasteiger partial charge is 0.271 e. The fourth-order valence-electron chi connectivity index (χ4n) is 1.01. The number of hydrogen-bond acceptors (Lipinski definition) is 5. The van der Waals surface area contributed by atoms with E-state index in [9.17, 15) is 9.90 Å². The Kier molecular flexibility index (Phi) is 3.23. The van der Waals surface area contributed by atoms with E-state index < -0.39 is 24.4 Å². The van der Waals surface area contributed by atoms with E-state index in [4.69, 9.17) is 15.9 Å². The van der Waals surface area contributed by atoms with Crippen molar-refractivity contribution in [3.63, 3.8) is 0 Å². The van der Waals surface area contributed by atoms with Crippen molar-refractivity contribution in [3.8, 4) is 0 Å². The van der Waals surface area contributed by atoms with Gasteiger partial charge in [0.2, 0.25) is 0 Å². The highest BCUT2D eigenvalue weighted by Gasteiger charge is 2.17. The second-order valence-electron chi connectivity index (χ2n) is 2.91. The van der Waals surface area contributed by atoms with E-state index in [1.165, 1.54) is 12.3 Å². The summed E-state index contributed by atoms with van der Waals surface area (Å²) in [5.41, 5.74) is 5.05. The van der Waals surface area contributed by atoms with Gasteiger partial charge >= 0.3 is 0 Å². The Hall–Kier alpha value is -1.37. The largest absolute Gasteiger partial charge is 0.394 e. The van der Waals surface area contributed by atoms with Crippen LogP contribution in [0.4, 0.5) is 5.69 Å². The van der Waals surface area contributed by atoms with Gasteiger partial charge in [0.1, 0.15) is 12.2 Å². The highest BCUT2D eigenvalue weighted by molar-refractivity contribution is 5.38. The first-order chi connectivity index (χ1) is 6.56.